The number of fused-ring (bicyclic) bond motifs is 1. The predicted molar refractivity (Wildman–Crippen MR) is 112 cm³/mol. The van der Waals surface area contributed by atoms with Gasteiger partial charge in [-0.3, -0.25) is 14.6 Å². The van der Waals surface area contributed by atoms with Crippen LogP contribution in [0.25, 0.3) is 22.6 Å². The number of benzene rings is 2. The summed E-state index contributed by atoms with van der Waals surface area (Å²) in [6.07, 6.45) is 1.70. The molecular formula is C22H19N5O2. The van der Waals surface area contributed by atoms with Gasteiger partial charge in [-0.15, -0.1) is 0 Å². The van der Waals surface area contributed by atoms with Gasteiger partial charge in [-0.1, -0.05) is 24.3 Å². The summed E-state index contributed by atoms with van der Waals surface area (Å²) in [6.45, 7) is 1.52. The Morgan fingerprint density at radius 1 is 0.931 bits per heavy atom. The number of aromatic nitrogens is 3. The minimum atomic E-state index is -0.203. The van der Waals surface area contributed by atoms with Crippen LogP contribution in [-0.2, 0) is 16.1 Å². The molecule has 0 saturated carbocycles. The van der Waals surface area contributed by atoms with Crippen LogP contribution in [0.3, 0.4) is 0 Å². The molecule has 0 unspecified atom stereocenters. The van der Waals surface area contributed by atoms with Gasteiger partial charge in [-0.25, -0.2) is 4.98 Å². The van der Waals surface area contributed by atoms with Crippen LogP contribution in [-0.4, -0.2) is 26.3 Å². The fourth-order valence-electron chi connectivity index (χ4n) is 3.15. The van der Waals surface area contributed by atoms with Crippen molar-refractivity contribution in [2.45, 2.75) is 13.5 Å². The van der Waals surface area contributed by atoms with E-state index >= 15 is 0 Å². The monoisotopic (exact) mass is 385 g/mol. The number of hydrogen-bond acceptors (Lipinski definition) is 4. The Morgan fingerprint density at radius 3 is 2.45 bits per heavy atom. The summed E-state index contributed by atoms with van der Waals surface area (Å²) >= 11 is 0. The molecule has 0 aliphatic rings. The second-order valence-corrected chi connectivity index (χ2v) is 6.54. The Kier molecular flexibility index (Phi) is 5.03. The van der Waals surface area contributed by atoms with Crippen molar-refractivity contribution in [1.29, 1.82) is 0 Å². The molecule has 0 aliphatic heterocycles. The normalized spacial score (nSPS) is 10.7. The molecule has 144 valence electrons. The van der Waals surface area contributed by atoms with E-state index in [9.17, 15) is 9.59 Å². The number of carbonyl (C=O) groups excluding carboxylic acids is 2. The highest BCUT2D eigenvalue weighted by molar-refractivity contribution is 5.94. The lowest BCUT2D eigenvalue weighted by Gasteiger charge is -2.11. The van der Waals surface area contributed by atoms with Crippen molar-refractivity contribution in [2.75, 3.05) is 10.6 Å². The molecule has 0 aliphatic carbocycles. The number of para-hydroxylation sites is 2. The maximum atomic E-state index is 12.8. The van der Waals surface area contributed by atoms with Crippen molar-refractivity contribution >= 4 is 34.2 Å². The molecule has 2 heterocycles. The molecule has 2 amide bonds. The summed E-state index contributed by atoms with van der Waals surface area (Å²) < 4.78 is 1.85. The van der Waals surface area contributed by atoms with Crippen LogP contribution >= 0.6 is 0 Å². The molecule has 0 radical (unpaired) electrons. The number of hydrogen-bond donors (Lipinski definition) is 2. The predicted octanol–water partition coefficient (Wildman–Crippen LogP) is 3.70. The number of amides is 2. The third-order valence-electron chi connectivity index (χ3n) is 4.32. The number of pyridine rings is 1. The third-order valence-corrected chi connectivity index (χ3v) is 4.32. The summed E-state index contributed by atoms with van der Waals surface area (Å²) in [6, 6.07) is 20.3. The second kappa shape index (κ2) is 7.93. The number of carbonyl (C=O) groups is 2. The lowest BCUT2D eigenvalue weighted by molar-refractivity contribution is -0.116. The molecule has 29 heavy (non-hydrogen) atoms. The summed E-state index contributed by atoms with van der Waals surface area (Å²) in [7, 11) is 0. The maximum absolute atomic E-state index is 12.8. The van der Waals surface area contributed by atoms with Crippen LogP contribution in [0.5, 0.6) is 0 Å². The number of nitrogens with zero attached hydrogens (tertiary/aromatic N) is 3. The van der Waals surface area contributed by atoms with Crippen molar-refractivity contribution in [1.82, 2.24) is 14.5 Å². The molecule has 4 rings (SSSR count). The molecule has 0 fully saturated rings. The summed E-state index contributed by atoms with van der Waals surface area (Å²) in [5, 5.41) is 5.58. The van der Waals surface area contributed by atoms with E-state index in [1.54, 1.807) is 30.5 Å². The van der Waals surface area contributed by atoms with Crippen LogP contribution in [0, 0.1) is 0 Å². The average Bonchev–Trinajstić information content (AvgIpc) is 3.07. The molecule has 2 aromatic carbocycles. The van der Waals surface area contributed by atoms with Crippen LogP contribution in [0.2, 0.25) is 0 Å². The lowest BCUT2D eigenvalue weighted by atomic mass is 10.2. The minimum absolute atomic E-state index is 0.0801. The first-order valence-corrected chi connectivity index (χ1v) is 9.14. The molecule has 2 N–H and O–H groups in total. The van der Waals surface area contributed by atoms with Crippen molar-refractivity contribution in [3.05, 3.63) is 72.9 Å². The first-order valence-electron chi connectivity index (χ1n) is 9.14. The van der Waals surface area contributed by atoms with Gasteiger partial charge in [0.2, 0.25) is 11.8 Å². The van der Waals surface area contributed by atoms with Crippen molar-refractivity contribution in [3.63, 3.8) is 0 Å². The van der Waals surface area contributed by atoms with E-state index in [-0.39, 0.29) is 18.4 Å². The van der Waals surface area contributed by atoms with Crippen molar-refractivity contribution in [2.24, 2.45) is 0 Å². The van der Waals surface area contributed by atoms with Gasteiger partial charge in [0.1, 0.15) is 12.2 Å². The van der Waals surface area contributed by atoms with Crippen LogP contribution < -0.4 is 10.6 Å². The zero-order valence-electron chi connectivity index (χ0n) is 15.8. The largest absolute Gasteiger partial charge is 0.326 e. The zero-order valence-corrected chi connectivity index (χ0v) is 15.8. The SMILES string of the molecule is CC(=O)Nc1cccc(NC(=O)Cn2c(-c3ccccn3)nc3ccccc32)c1. The molecule has 0 spiro atoms. The van der Waals surface area contributed by atoms with Crippen molar-refractivity contribution in [3.8, 4) is 11.5 Å². The smallest absolute Gasteiger partial charge is 0.244 e. The van der Waals surface area contributed by atoms with Crippen molar-refractivity contribution < 1.29 is 9.59 Å². The van der Waals surface area contributed by atoms with Gasteiger partial charge in [-0.05, 0) is 42.5 Å². The quantitative estimate of drug-likeness (QED) is 0.548. The Morgan fingerprint density at radius 2 is 1.69 bits per heavy atom. The molecule has 0 saturated heterocycles. The number of anilines is 2. The van der Waals surface area contributed by atoms with Crippen LogP contribution in [0.4, 0.5) is 11.4 Å². The number of imidazole rings is 1. The lowest BCUT2D eigenvalue weighted by Crippen LogP contribution is -2.19. The average molecular weight is 385 g/mol. The first kappa shape index (κ1) is 18.4. The molecule has 4 aromatic rings. The van der Waals surface area contributed by atoms with E-state index in [0.29, 0.717) is 22.9 Å². The summed E-state index contributed by atoms with van der Waals surface area (Å²) in [5.74, 6) is 0.262. The standard InChI is InChI=1S/C22H19N5O2/c1-15(28)24-16-7-6-8-17(13-16)25-21(29)14-27-20-11-3-2-9-18(20)26-22(27)19-10-4-5-12-23-19/h2-13H,14H2,1H3,(H,24,28)(H,25,29). The van der Waals surface area contributed by atoms with E-state index in [1.165, 1.54) is 6.92 Å². The van der Waals surface area contributed by atoms with Gasteiger partial charge in [0.25, 0.3) is 0 Å². The van der Waals surface area contributed by atoms with Gasteiger partial charge < -0.3 is 15.2 Å². The van der Waals surface area contributed by atoms with Gasteiger partial charge in [0, 0.05) is 24.5 Å². The highest BCUT2D eigenvalue weighted by Crippen LogP contribution is 2.23. The summed E-state index contributed by atoms with van der Waals surface area (Å²) in [5.41, 5.74) is 3.58. The molecule has 7 heteroatoms. The molecule has 0 bridgehead atoms. The first-order chi connectivity index (χ1) is 14.1. The van der Waals surface area contributed by atoms with E-state index < -0.39 is 0 Å². The van der Waals surface area contributed by atoms with Crippen LogP contribution in [0.1, 0.15) is 6.92 Å². The van der Waals surface area contributed by atoms with E-state index in [4.69, 9.17) is 0 Å². The third kappa shape index (κ3) is 4.14. The molecule has 7 nitrogen and oxygen atoms in total. The van der Waals surface area contributed by atoms with E-state index in [1.807, 2.05) is 47.0 Å². The number of nitrogens with one attached hydrogen (secondary N) is 2. The van der Waals surface area contributed by atoms with Crippen LogP contribution in [0.15, 0.2) is 72.9 Å². The molecule has 0 atom stereocenters. The fraction of sp³-hybridized carbons (Fsp3) is 0.0909. The van der Waals surface area contributed by atoms with Gasteiger partial charge in [-0.2, -0.15) is 0 Å². The number of rotatable bonds is 5. The van der Waals surface area contributed by atoms with E-state index in [0.717, 1.165) is 11.0 Å². The second-order valence-electron chi connectivity index (χ2n) is 6.54. The minimum Gasteiger partial charge on any atom is -0.326 e. The molecular weight excluding hydrogens is 366 g/mol. The zero-order chi connectivity index (χ0) is 20.2. The maximum Gasteiger partial charge on any atom is 0.244 e. The fourth-order valence-corrected chi connectivity index (χ4v) is 3.15. The summed E-state index contributed by atoms with van der Waals surface area (Å²) in [4.78, 5) is 33.1. The van der Waals surface area contributed by atoms with Gasteiger partial charge in [0.15, 0.2) is 5.82 Å². The van der Waals surface area contributed by atoms with Gasteiger partial charge >= 0.3 is 0 Å². The highest BCUT2D eigenvalue weighted by atomic mass is 16.2. The Labute approximate surface area is 167 Å². The Bertz CT molecular complexity index is 1180. The topological polar surface area (TPSA) is 88.9 Å². The Balaban J connectivity index is 1.62. The van der Waals surface area contributed by atoms with E-state index in [2.05, 4.69) is 20.6 Å². The highest BCUT2D eigenvalue weighted by Gasteiger charge is 2.16. The van der Waals surface area contributed by atoms with Gasteiger partial charge in [0.05, 0.1) is 11.0 Å². The Hall–Kier alpha value is -4.00. The molecule has 2 aromatic heterocycles.